The van der Waals surface area contributed by atoms with Gasteiger partial charge in [-0.15, -0.1) is 0 Å². The number of nitrogens with zero attached hydrogens (tertiary/aromatic N) is 1. The molecule has 0 saturated heterocycles. The van der Waals surface area contributed by atoms with Gasteiger partial charge in [0.25, 0.3) is 0 Å². The van der Waals surface area contributed by atoms with Crippen LogP contribution in [0.1, 0.15) is 0 Å². The van der Waals surface area contributed by atoms with E-state index in [1.165, 1.54) is 12.1 Å². The van der Waals surface area contributed by atoms with E-state index in [9.17, 15) is 4.39 Å². The highest BCUT2D eigenvalue weighted by Crippen LogP contribution is 2.20. The van der Waals surface area contributed by atoms with E-state index in [0.717, 1.165) is 22.3 Å². The van der Waals surface area contributed by atoms with Crippen molar-refractivity contribution in [2.75, 3.05) is 0 Å². The summed E-state index contributed by atoms with van der Waals surface area (Å²) in [4.78, 5) is 7.46. The highest BCUT2D eigenvalue weighted by Gasteiger charge is 2.02. The maximum Gasteiger partial charge on any atom is 0.137 e. The Kier molecular flexibility index (Phi) is 1.96. The molecule has 0 radical (unpaired) electrons. The molecule has 0 fully saturated rings. The average molecular weight is 212 g/mol. The second-order valence-electron chi connectivity index (χ2n) is 3.62. The maximum absolute atomic E-state index is 13.1. The summed E-state index contributed by atoms with van der Waals surface area (Å²) >= 11 is 0. The van der Waals surface area contributed by atoms with Crippen molar-refractivity contribution in [3.63, 3.8) is 0 Å². The predicted molar refractivity (Wildman–Crippen MR) is 61.5 cm³/mol. The van der Waals surface area contributed by atoms with Gasteiger partial charge in [0.05, 0.1) is 5.69 Å². The normalized spacial score (nSPS) is 10.8. The summed E-state index contributed by atoms with van der Waals surface area (Å²) in [5.74, 6) is -0.245. The number of nitrogens with one attached hydrogen (secondary N) is 1. The van der Waals surface area contributed by atoms with E-state index >= 15 is 0 Å². The SMILES string of the molecule is Fc1cccc(-c2ccc3cc[nH]c3n2)c1. The topological polar surface area (TPSA) is 28.7 Å². The third kappa shape index (κ3) is 1.46. The van der Waals surface area contributed by atoms with Crippen molar-refractivity contribution in [2.24, 2.45) is 0 Å². The Bertz CT molecular complexity index is 643. The summed E-state index contributed by atoms with van der Waals surface area (Å²) in [7, 11) is 0. The van der Waals surface area contributed by atoms with Crippen LogP contribution in [0.2, 0.25) is 0 Å². The molecular formula is C13H9FN2. The first-order chi connectivity index (χ1) is 7.83. The van der Waals surface area contributed by atoms with Crippen LogP contribution >= 0.6 is 0 Å². The van der Waals surface area contributed by atoms with Crippen molar-refractivity contribution in [3.8, 4) is 11.3 Å². The number of H-pyrrole nitrogens is 1. The summed E-state index contributed by atoms with van der Waals surface area (Å²) < 4.78 is 13.1. The van der Waals surface area contributed by atoms with Crippen LogP contribution < -0.4 is 0 Å². The molecule has 0 amide bonds. The lowest BCUT2D eigenvalue weighted by Crippen LogP contribution is -1.85. The highest BCUT2D eigenvalue weighted by molar-refractivity contribution is 5.78. The third-order valence-electron chi connectivity index (χ3n) is 2.53. The molecule has 3 rings (SSSR count). The van der Waals surface area contributed by atoms with Crippen LogP contribution in [0.3, 0.4) is 0 Å². The molecule has 0 saturated carbocycles. The summed E-state index contributed by atoms with van der Waals surface area (Å²) in [5, 5.41) is 1.06. The number of benzene rings is 1. The lowest BCUT2D eigenvalue weighted by atomic mass is 10.1. The molecule has 0 unspecified atom stereocenters. The smallest absolute Gasteiger partial charge is 0.137 e. The summed E-state index contributed by atoms with van der Waals surface area (Å²) in [6, 6.07) is 12.3. The molecule has 0 atom stereocenters. The van der Waals surface area contributed by atoms with Crippen LogP contribution in [0.15, 0.2) is 48.7 Å². The lowest BCUT2D eigenvalue weighted by Gasteiger charge is -2.00. The number of aromatic amines is 1. The van der Waals surface area contributed by atoms with E-state index in [2.05, 4.69) is 9.97 Å². The fraction of sp³-hybridized carbons (Fsp3) is 0. The molecule has 2 aromatic heterocycles. The molecule has 0 spiro atoms. The van der Waals surface area contributed by atoms with Gasteiger partial charge in [0.15, 0.2) is 0 Å². The standard InChI is InChI=1S/C13H9FN2/c14-11-3-1-2-10(8-11)12-5-4-9-6-7-15-13(9)16-12/h1-8H,(H,15,16). The van der Waals surface area contributed by atoms with Crippen LogP contribution in [-0.2, 0) is 0 Å². The molecule has 0 aliphatic rings. The van der Waals surface area contributed by atoms with E-state index in [4.69, 9.17) is 0 Å². The van der Waals surface area contributed by atoms with E-state index in [-0.39, 0.29) is 5.82 Å². The minimum atomic E-state index is -0.245. The van der Waals surface area contributed by atoms with Gasteiger partial charge in [-0.1, -0.05) is 12.1 Å². The molecule has 3 heteroatoms. The van der Waals surface area contributed by atoms with E-state index < -0.39 is 0 Å². The van der Waals surface area contributed by atoms with Gasteiger partial charge >= 0.3 is 0 Å². The minimum absolute atomic E-state index is 0.245. The van der Waals surface area contributed by atoms with Gasteiger partial charge in [-0.25, -0.2) is 9.37 Å². The second-order valence-corrected chi connectivity index (χ2v) is 3.62. The summed E-state index contributed by atoms with van der Waals surface area (Å²) in [5.41, 5.74) is 2.38. The van der Waals surface area contributed by atoms with Crippen molar-refractivity contribution in [3.05, 3.63) is 54.5 Å². The number of hydrogen-bond acceptors (Lipinski definition) is 1. The number of halogens is 1. The Morgan fingerprint density at radius 3 is 2.88 bits per heavy atom. The molecule has 2 heterocycles. The molecule has 0 bridgehead atoms. The van der Waals surface area contributed by atoms with Gasteiger partial charge in [0.2, 0.25) is 0 Å². The predicted octanol–water partition coefficient (Wildman–Crippen LogP) is 3.37. The fourth-order valence-corrected chi connectivity index (χ4v) is 1.74. The number of fused-ring (bicyclic) bond motifs is 1. The average Bonchev–Trinajstić information content (AvgIpc) is 2.75. The Morgan fingerprint density at radius 2 is 2.00 bits per heavy atom. The summed E-state index contributed by atoms with van der Waals surface area (Å²) in [6.07, 6.45) is 1.84. The Balaban J connectivity index is 2.18. The van der Waals surface area contributed by atoms with Gasteiger partial charge in [0.1, 0.15) is 11.5 Å². The molecule has 0 aliphatic carbocycles. The van der Waals surface area contributed by atoms with Crippen LogP contribution in [0.5, 0.6) is 0 Å². The Labute approximate surface area is 91.8 Å². The van der Waals surface area contributed by atoms with Gasteiger partial charge in [-0.05, 0) is 30.3 Å². The zero-order valence-electron chi connectivity index (χ0n) is 8.44. The number of aromatic nitrogens is 2. The molecule has 16 heavy (non-hydrogen) atoms. The number of pyridine rings is 1. The van der Waals surface area contributed by atoms with Gasteiger partial charge in [0, 0.05) is 17.1 Å². The Morgan fingerprint density at radius 1 is 1.06 bits per heavy atom. The first kappa shape index (κ1) is 9.09. The quantitative estimate of drug-likeness (QED) is 0.658. The molecular weight excluding hydrogens is 203 g/mol. The molecule has 0 aliphatic heterocycles. The fourth-order valence-electron chi connectivity index (χ4n) is 1.74. The van der Waals surface area contributed by atoms with Crippen molar-refractivity contribution in [2.45, 2.75) is 0 Å². The van der Waals surface area contributed by atoms with E-state index in [0.29, 0.717) is 0 Å². The monoisotopic (exact) mass is 212 g/mol. The second kappa shape index (κ2) is 3.45. The molecule has 2 nitrogen and oxygen atoms in total. The van der Waals surface area contributed by atoms with Crippen molar-refractivity contribution < 1.29 is 4.39 Å². The van der Waals surface area contributed by atoms with E-state index in [1.807, 2.05) is 30.5 Å². The molecule has 3 aromatic rings. The van der Waals surface area contributed by atoms with Crippen LogP contribution in [0.25, 0.3) is 22.3 Å². The summed E-state index contributed by atoms with van der Waals surface area (Å²) in [6.45, 7) is 0. The number of hydrogen-bond donors (Lipinski definition) is 1. The first-order valence-corrected chi connectivity index (χ1v) is 5.03. The minimum Gasteiger partial charge on any atom is -0.346 e. The maximum atomic E-state index is 13.1. The Hall–Kier alpha value is -2.16. The number of rotatable bonds is 1. The van der Waals surface area contributed by atoms with Crippen LogP contribution in [0.4, 0.5) is 4.39 Å². The molecule has 78 valence electrons. The molecule has 1 aromatic carbocycles. The zero-order chi connectivity index (χ0) is 11.0. The lowest BCUT2D eigenvalue weighted by molar-refractivity contribution is 0.628. The largest absolute Gasteiger partial charge is 0.346 e. The van der Waals surface area contributed by atoms with E-state index in [1.54, 1.807) is 6.07 Å². The van der Waals surface area contributed by atoms with Gasteiger partial charge < -0.3 is 4.98 Å². The third-order valence-corrected chi connectivity index (χ3v) is 2.53. The molecule has 1 N–H and O–H groups in total. The van der Waals surface area contributed by atoms with Gasteiger partial charge in [-0.3, -0.25) is 0 Å². The zero-order valence-corrected chi connectivity index (χ0v) is 8.44. The van der Waals surface area contributed by atoms with Crippen LogP contribution in [-0.4, -0.2) is 9.97 Å². The highest BCUT2D eigenvalue weighted by atomic mass is 19.1. The van der Waals surface area contributed by atoms with Crippen molar-refractivity contribution >= 4 is 11.0 Å². The van der Waals surface area contributed by atoms with Crippen molar-refractivity contribution in [1.82, 2.24) is 9.97 Å². The van der Waals surface area contributed by atoms with Crippen molar-refractivity contribution in [1.29, 1.82) is 0 Å². The first-order valence-electron chi connectivity index (χ1n) is 5.03. The van der Waals surface area contributed by atoms with Crippen LogP contribution in [0, 0.1) is 5.82 Å². The van der Waals surface area contributed by atoms with Gasteiger partial charge in [-0.2, -0.15) is 0 Å².